The lowest BCUT2D eigenvalue weighted by Gasteiger charge is -2.07. The SMILES string of the molecule is COc1cc(Br)ccc1C(=O)N/N=C\c1c[nH]c2ccccc12. The maximum atomic E-state index is 12.2. The molecule has 0 aliphatic carbocycles. The molecule has 1 amide bonds. The molecule has 5 nitrogen and oxygen atoms in total. The van der Waals surface area contributed by atoms with Gasteiger partial charge in [0.2, 0.25) is 0 Å². The number of halogens is 1. The molecule has 0 aliphatic heterocycles. The summed E-state index contributed by atoms with van der Waals surface area (Å²) in [4.78, 5) is 15.4. The molecule has 0 fully saturated rings. The Labute approximate surface area is 141 Å². The van der Waals surface area contributed by atoms with E-state index in [-0.39, 0.29) is 5.91 Å². The third-order valence-corrected chi connectivity index (χ3v) is 3.89. The minimum Gasteiger partial charge on any atom is -0.496 e. The summed E-state index contributed by atoms with van der Waals surface area (Å²) < 4.78 is 6.05. The Balaban J connectivity index is 1.76. The van der Waals surface area contributed by atoms with Crippen molar-refractivity contribution in [3.8, 4) is 5.75 Å². The number of aromatic nitrogens is 1. The molecule has 3 rings (SSSR count). The fourth-order valence-electron chi connectivity index (χ4n) is 2.27. The molecule has 0 saturated carbocycles. The molecular weight excluding hydrogens is 358 g/mol. The number of hydrogen-bond acceptors (Lipinski definition) is 3. The van der Waals surface area contributed by atoms with Crippen LogP contribution >= 0.6 is 15.9 Å². The molecule has 0 radical (unpaired) electrons. The number of benzene rings is 2. The summed E-state index contributed by atoms with van der Waals surface area (Å²) in [5.41, 5.74) is 4.87. The van der Waals surface area contributed by atoms with Gasteiger partial charge in [-0.25, -0.2) is 5.43 Å². The van der Waals surface area contributed by atoms with Crippen molar-refractivity contribution in [2.24, 2.45) is 5.10 Å². The molecule has 0 aliphatic rings. The third kappa shape index (κ3) is 3.27. The number of nitrogens with zero attached hydrogens (tertiary/aromatic N) is 1. The van der Waals surface area contributed by atoms with E-state index in [1.807, 2.05) is 30.5 Å². The Morgan fingerprint density at radius 3 is 2.96 bits per heavy atom. The zero-order valence-corrected chi connectivity index (χ0v) is 13.9. The van der Waals surface area contributed by atoms with Crippen LogP contribution in [0.1, 0.15) is 15.9 Å². The Morgan fingerprint density at radius 2 is 2.13 bits per heavy atom. The van der Waals surface area contributed by atoms with Gasteiger partial charge in [-0.05, 0) is 24.3 Å². The molecule has 6 heteroatoms. The largest absolute Gasteiger partial charge is 0.496 e. The quantitative estimate of drug-likeness (QED) is 0.542. The monoisotopic (exact) mass is 371 g/mol. The maximum absolute atomic E-state index is 12.2. The molecule has 0 saturated heterocycles. The average Bonchev–Trinajstić information content (AvgIpc) is 2.98. The van der Waals surface area contributed by atoms with Gasteiger partial charge in [-0.2, -0.15) is 5.10 Å². The predicted octanol–water partition coefficient (Wildman–Crippen LogP) is 3.70. The van der Waals surface area contributed by atoms with Crippen LogP contribution in [0.4, 0.5) is 0 Å². The van der Waals surface area contributed by atoms with Crippen molar-refractivity contribution in [2.45, 2.75) is 0 Å². The summed E-state index contributed by atoms with van der Waals surface area (Å²) in [6.07, 6.45) is 3.46. The van der Waals surface area contributed by atoms with E-state index >= 15 is 0 Å². The number of H-pyrrole nitrogens is 1. The molecular formula is C17H14BrN3O2. The number of hydrazone groups is 1. The number of methoxy groups -OCH3 is 1. The van der Waals surface area contributed by atoms with Gasteiger partial charge >= 0.3 is 0 Å². The zero-order valence-electron chi connectivity index (χ0n) is 12.3. The number of hydrogen-bond donors (Lipinski definition) is 2. The van der Waals surface area contributed by atoms with Gasteiger partial charge in [0.05, 0.1) is 18.9 Å². The summed E-state index contributed by atoms with van der Waals surface area (Å²) >= 11 is 3.34. The molecule has 1 aromatic heterocycles. The summed E-state index contributed by atoms with van der Waals surface area (Å²) in [7, 11) is 1.52. The van der Waals surface area contributed by atoms with Gasteiger partial charge < -0.3 is 9.72 Å². The topological polar surface area (TPSA) is 66.5 Å². The third-order valence-electron chi connectivity index (χ3n) is 3.40. The van der Waals surface area contributed by atoms with E-state index in [2.05, 4.69) is 31.4 Å². The van der Waals surface area contributed by atoms with E-state index in [0.29, 0.717) is 11.3 Å². The number of amides is 1. The van der Waals surface area contributed by atoms with Crippen molar-refractivity contribution in [1.29, 1.82) is 0 Å². The van der Waals surface area contributed by atoms with Crippen molar-refractivity contribution in [3.05, 3.63) is 64.3 Å². The normalized spacial score (nSPS) is 11.0. The Kier molecular flexibility index (Phi) is 4.43. The Bertz CT molecular complexity index is 886. The number of fused-ring (bicyclic) bond motifs is 1. The van der Waals surface area contributed by atoms with E-state index in [1.54, 1.807) is 24.4 Å². The molecule has 3 aromatic rings. The predicted molar refractivity (Wildman–Crippen MR) is 94.1 cm³/mol. The van der Waals surface area contributed by atoms with E-state index in [0.717, 1.165) is 20.9 Å². The van der Waals surface area contributed by atoms with E-state index in [1.165, 1.54) is 7.11 Å². The lowest BCUT2D eigenvalue weighted by Crippen LogP contribution is -2.18. The first-order valence-electron chi connectivity index (χ1n) is 6.92. The Morgan fingerprint density at radius 1 is 1.30 bits per heavy atom. The molecule has 0 bridgehead atoms. The van der Waals surface area contributed by atoms with Gasteiger partial charge in [0, 0.05) is 27.1 Å². The van der Waals surface area contributed by atoms with Crippen molar-refractivity contribution in [1.82, 2.24) is 10.4 Å². The minimum absolute atomic E-state index is 0.328. The number of aromatic amines is 1. The molecule has 0 unspecified atom stereocenters. The summed E-state index contributed by atoms with van der Waals surface area (Å²) in [6.45, 7) is 0. The van der Waals surface area contributed by atoms with Gasteiger partial charge in [-0.1, -0.05) is 34.1 Å². The first-order chi connectivity index (χ1) is 11.2. The van der Waals surface area contributed by atoms with Gasteiger partial charge in [-0.15, -0.1) is 0 Å². The number of ether oxygens (including phenoxy) is 1. The van der Waals surface area contributed by atoms with Crippen LogP contribution in [0.2, 0.25) is 0 Å². The summed E-state index contributed by atoms with van der Waals surface area (Å²) in [5.74, 6) is 0.157. The number of nitrogens with one attached hydrogen (secondary N) is 2. The van der Waals surface area contributed by atoms with Gasteiger partial charge in [0.15, 0.2) is 0 Å². The smallest absolute Gasteiger partial charge is 0.275 e. The van der Waals surface area contributed by atoms with Crippen LogP contribution in [0.15, 0.2) is 58.2 Å². The fraction of sp³-hybridized carbons (Fsp3) is 0.0588. The standard InChI is InChI=1S/C17H14BrN3O2/c1-23-16-8-12(18)6-7-14(16)17(22)21-20-10-11-9-19-15-5-3-2-4-13(11)15/h2-10,19H,1H3,(H,21,22)/b20-10-. The number of rotatable bonds is 4. The second-order valence-electron chi connectivity index (χ2n) is 4.83. The lowest BCUT2D eigenvalue weighted by atomic mass is 10.2. The molecule has 0 spiro atoms. The summed E-state index contributed by atoms with van der Waals surface area (Å²) in [6, 6.07) is 13.1. The number of para-hydroxylation sites is 1. The molecule has 2 aromatic carbocycles. The van der Waals surface area contributed by atoms with Gasteiger partial charge in [0.1, 0.15) is 5.75 Å². The lowest BCUT2D eigenvalue weighted by molar-refractivity contribution is 0.0952. The van der Waals surface area contributed by atoms with Crippen LogP contribution in [-0.2, 0) is 0 Å². The highest BCUT2D eigenvalue weighted by atomic mass is 79.9. The van der Waals surface area contributed by atoms with Crippen LogP contribution in [0.25, 0.3) is 10.9 Å². The highest BCUT2D eigenvalue weighted by Gasteiger charge is 2.11. The number of carbonyl (C=O) groups excluding carboxylic acids is 1. The van der Waals surface area contributed by atoms with E-state index in [4.69, 9.17) is 4.74 Å². The molecule has 116 valence electrons. The second kappa shape index (κ2) is 6.66. The van der Waals surface area contributed by atoms with Crippen molar-refractivity contribution in [3.63, 3.8) is 0 Å². The molecule has 1 heterocycles. The van der Waals surface area contributed by atoms with Gasteiger partial charge in [-0.3, -0.25) is 4.79 Å². The first-order valence-corrected chi connectivity index (χ1v) is 7.71. The highest BCUT2D eigenvalue weighted by Crippen LogP contribution is 2.23. The summed E-state index contributed by atoms with van der Waals surface area (Å²) in [5, 5.41) is 5.07. The Hall–Kier alpha value is -2.60. The molecule has 2 N–H and O–H groups in total. The van der Waals surface area contributed by atoms with E-state index in [9.17, 15) is 4.79 Å². The zero-order chi connectivity index (χ0) is 16.2. The fourth-order valence-corrected chi connectivity index (χ4v) is 2.61. The van der Waals surface area contributed by atoms with Crippen LogP contribution < -0.4 is 10.2 Å². The van der Waals surface area contributed by atoms with Crippen molar-refractivity contribution in [2.75, 3.05) is 7.11 Å². The van der Waals surface area contributed by atoms with Crippen molar-refractivity contribution < 1.29 is 9.53 Å². The van der Waals surface area contributed by atoms with Gasteiger partial charge in [0.25, 0.3) is 5.91 Å². The van der Waals surface area contributed by atoms with E-state index < -0.39 is 0 Å². The molecule has 23 heavy (non-hydrogen) atoms. The number of carbonyl (C=O) groups is 1. The first kappa shape index (κ1) is 15.3. The minimum atomic E-state index is -0.328. The average molecular weight is 372 g/mol. The van der Waals surface area contributed by atoms with Crippen molar-refractivity contribution >= 4 is 39.0 Å². The van der Waals surface area contributed by atoms with Crippen LogP contribution in [0, 0.1) is 0 Å². The van der Waals surface area contributed by atoms with Crippen LogP contribution in [-0.4, -0.2) is 24.2 Å². The second-order valence-corrected chi connectivity index (χ2v) is 5.75. The maximum Gasteiger partial charge on any atom is 0.275 e. The molecule has 0 atom stereocenters. The highest BCUT2D eigenvalue weighted by molar-refractivity contribution is 9.10. The van der Waals surface area contributed by atoms with Crippen LogP contribution in [0.5, 0.6) is 5.75 Å². The van der Waals surface area contributed by atoms with Crippen LogP contribution in [0.3, 0.4) is 0 Å².